The lowest BCUT2D eigenvalue weighted by atomic mass is 9.92. The Morgan fingerprint density at radius 2 is 2.00 bits per heavy atom. The van der Waals surface area contributed by atoms with Crippen molar-refractivity contribution in [1.29, 1.82) is 0 Å². The van der Waals surface area contributed by atoms with E-state index >= 15 is 0 Å². The zero-order valence-corrected chi connectivity index (χ0v) is 11.6. The van der Waals surface area contributed by atoms with Gasteiger partial charge in [-0.15, -0.1) is 0 Å². The standard InChI is InChI=1S/C15H22N2O/c1-5-14-16-12-8-6-7-9-13(12)17(14)10-15(4,18)11(2)3/h6-9,11,18H,5,10H2,1-4H3. The van der Waals surface area contributed by atoms with Crippen LogP contribution in [0.4, 0.5) is 0 Å². The number of aryl methyl sites for hydroxylation is 1. The summed E-state index contributed by atoms with van der Waals surface area (Å²) in [6.07, 6.45) is 0.878. The molecule has 0 aliphatic heterocycles. The van der Waals surface area contributed by atoms with Gasteiger partial charge in [-0.2, -0.15) is 0 Å². The van der Waals surface area contributed by atoms with Crippen molar-refractivity contribution in [2.24, 2.45) is 5.92 Å². The summed E-state index contributed by atoms with van der Waals surface area (Å²) in [7, 11) is 0. The molecule has 0 saturated carbocycles. The fourth-order valence-electron chi connectivity index (χ4n) is 2.07. The molecule has 1 atom stereocenters. The Morgan fingerprint density at radius 3 is 2.61 bits per heavy atom. The van der Waals surface area contributed by atoms with Gasteiger partial charge >= 0.3 is 0 Å². The first-order valence-electron chi connectivity index (χ1n) is 6.62. The number of nitrogens with zero attached hydrogens (tertiary/aromatic N) is 2. The minimum atomic E-state index is -0.715. The maximum absolute atomic E-state index is 10.5. The van der Waals surface area contributed by atoms with Gasteiger partial charge < -0.3 is 9.67 Å². The number of fused-ring (bicyclic) bond motifs is 1. The Labute approximate surface area is 108 Å². The van der Waals surface area contributed by atoms with Crippen molar-refractivity contribution in [3.8, 4) is 0 Å². The lowest BCUT2D eigenvalue weighted by Crippen LogP contribution is -2.36. The highest BCUT2D eigenvalue weighted by Gasteiger charge is 2.27. The number of benzene rings is 1. The summed E-state index contributed by atoms with van der Waals surface area (Å²) < 4.78 is 2.15. The van der Waals surface area contributed by atoms with Crippen LogP contribution in [0.3, 0.4) is 0 Å². The molecule has 1 unspecified atom stereocenters. The van der Waals surface area contributed by atoms with E-state index in [-0.39, 0.29) is 5.92 Å². The van der Waals surface area contributed by atoms with E-state index < -0.39 is 5.60 Å². The highest BCUT2D eigenvalue weighted by atomic mass is 16.3. The van der Waals surface area contributed by atoms with Gasteiger partial charge in [0.05, 0.1) is 23.2 Å². The van der Waals surface area contributed by atoms with Crippen molar-refractivity contribution in [3.05, 3.63) is 30.1 Å². The van der Waals surface area contributed by atoms with E-state index in [1.54, 1.807) is 0 Å². The largest absolute Gasteiger partial charge is 0.388 e. The van der Waals surface area contributed by atoms with Crippen molar-refractivity contribution in [2.75, 3.05) is 0 Å². The number of hydrogen-bond donors (Lipinski definition) is 1. The molecular formula is C15H22N2O. The van der Waals surface area contributed by atoms with E-state index in [9.17, 15) is 5.11 Å². The summed E-state index contributed by atoms with van der Waals surface area (Å²) in [6, 6.07) is 8.11. The molecule has 1 aromatic heterocycles. The molecule has 1 heterocycles. The summed E-state index contributed by atoms with van der Waals surface area (Å²) in [5, 5.41) is 10.5. The van der Waals surface area contributed by atoms with Crippen LogP contribution in [0, 0.1) is 5.92 Å². The van der Waals surface area contributed by atoms with E-state index in [1.165, 1.54) is 0 Å². The average Bonchev–Trinajstić information content (AvgIpc) is 2.67. The molecule has 3 heteroatoms. The first-order valence-corrected chi connectivity index (χ1v) is 6.62. The molecule has 1 N–H and O–H groups in total. The summed E-state index contributed by atoms with van der Waals surface area (Å²) in [4.78, 5) is 4.63. The summed E-state index contributed by atoms with van der Waals surface area (Å²) in [5.41, 5.74) is 1.40. The second-order valence-corrected chi connectivity index (χ2v) is 5.47. The molecule has 0 radical (unpaired) electrons. The molecule has 0 amide bonds. The first-order chi connectivity index (χ1) is 8.45. The Morgan fingerprint density at radius 1 is 1.33 bits per heavy atom. The van der Waals surface area contributed by atoms with Gasteiger partial charge in [-0.3, -0.25) is 0 Å². The molecule has 0 fully saturated rings. The predicted octanol–water partition coefficient (Wildman–Crippen LogP) is 3.01. The van der Waals surface area contributed by atoms with Crippen LogP contribution in [0.1, 0.15) is 33.5 Å². The van der Waals surface area contributed by atoms with Gasteiger partial charge in [0, 0.05) is 6.42 Å². The summed E-state index contributed by atoms with van der Waals surface area (Å²) in [5.74, 6) is 1.25. The molecule has 0 aliphatic rings. The molecule has 0 saturated heterocycles. The lowest BCUT2D eigenvalue weighted by molar-refractivity contribution is -0.00237. The number of aromatic nitrogens is 2. The van der Waals surface area contributed by atoms with E-state index in [0.29, 0.717) is 6.54 Å². The minimum absolute atomic E-state index is 0.211. The van der Waals surface area contributed by atoms with Gasteiger partial charge in [0.15, 0.2) is 0 Å². The third kappa shape index (κ3) is 2.27. The zero-order valence-electron chi connectivity index (χ0n) is 11.6. The number of aliphatic hydroxyl groups is 1. The Bertz CT molecular complexity index is 540. The van der Waals surface area contributed by atoms with E-state index in [4.69, 9.17) is 0 Å². The minimum Gasteiger partial charge on any atom is -0.388 e. The lowest BCUT2D eigenvalue weighted by Gasteiger charge is -2.29. The first kappa shape index (κ1) is 13.1. The molecule has 1 aromatic carbocycles. The van der Waals surface area contributed by atoms with E-state index in [0.717, 1.165) is 23.3 Å². The quantitative estimate of drug-likeness (QED) is 0.900. The number of para-hydroxylation sites is 2. The molecule has 3 nitrogen and oxygen atoms in total. The summed E-state index contributed by atoms with van der Waals surface area (Å²) in [6.45, 7) is 8.68. The molecule has 0 aliphatic carbocycles. The monoisotopic (exact) mass is 246 g/mol. The van der Waals surface area contributed by atoms with E-state index in [1.807, 2.05) is 39.0 Å². The van der Waals surface area contributed by atoms with E-state index in [2.05, 4.69) is 22.5 Å². The van der Waals surface area contributed by atoms with Crippen LogP contribution in [-0.4, -0.2) is 20.3 Å². The van der Waals surface area contributed by atoms with Gasteiger partial charge in [0.1, 0.15) is 5.82 Å². The molecule has 0 bridgehead atoms. The smallest absolute Gasteiger partial charge is 0.109 e. The van der Waals surface area contributed by atoms with Crippen LogP contribution < -0.4 is 0 Å². The number of imidazole rings is 1. The van der Waals surface area contributed by atoms with Gasteiger partial charge in [-0.05, 0) is 25.0 Å². The molecular weight excluding hydrogens is 224 g/mol. The van der Waals surface area contributed by atoms with Crippen molar-refractivity contribution in [3.63, 3.8) is 0 Å². The highest BCUT2D eigenvalue weighted by Crippen LogP contribution is 2.23. The molecule has 98 valence electrons. The highest BCUT2D eigenvalue weighted by molar-refractivity contribution is 5.75. The maximum atomic E-state index is 10.5. The summed E-state index contributed by atoms with van der Waals surface area (Å²) >= 11 is 0. The van der Waals surface area contributed by atoms with Crippen LogP contribution in [0.15, 0.2) is 24.3 Å². The molecule has 2 aromatic rings. The van der Waals surface area contributed by atoms with Crippen molar-refractivity contribution in [2.45, 2.75) is 46.3 Å². The average molecular weight is 246 g/mol. The fourth-order valence-corrected chi connectivity index (χ4v) is 2.07. The van der Waals surface area contributed by atoms with Crippen LogP contribution in [0.2, 0.25) is 0 Å². The topological polar surface area (TPSA) is 38.0 Å². The normalized spacial score (nSPS) is 15.2. The molecule has 0 spiro atoms. The van der Waals surface area contributed by atoms with Crippen LogP contribution in [0.25, 0.3) is 11.0 Å². The third-order valence-electron chi connectivity index (χ3n) is 3.77. The zero-order chi connectivity index (χ0) is 13.3. The van der Waals surface area contributed by atoms with Crippen molar-refractivity contribution in [1.82, 2.24) is 9.55 Å². The van der Waals surface area contributed by atoms with Gasteiger partial charge in [-0.1, -0.05) is 32.9 Å². The second kappa shape index (κ2) is 4.73. The SMILES string of the molecule is CCc1nc2ccccc2n1CC(C)(O)C(C)C. The maximum Gasteiger partial charge on any atom is 0.109 e. The van der Waals surface area contributed by atoms with Crippen LogP contribution in [0.5, 0.6) is 0 Å². The predicted molar refractivity (Wildman–Crippen MR) is 74.6 cm³/mol. The van der Waals surface area contributed by atoms with Gasteiger partial charge in [-0.25, -0.2) is 4.98 Å². The Balaban J connectivity index is 2.49. The molecule has 2 rings (SSSR count). The number of hydrogen-bond acceptors (Lipinski definition) is 2. The van der Waals surface area contributed by atoms with Gasteiger partial charge in [0.2, 0.25) is 0 Å². The number of rotatable bonds is 4. The van der Waals surface area contributed by atoms with Crippen molar-refractivity contribution < 1.29 is 5.11 Å². The third-order valence-corrected chi connectivity index (χ3v) is 3.77. The van der Waals surface area contributed by atoms with Crippen LogP contribution >= 0.6 is 0 Å². The second-order valence-electron chi connectivity index (χ2n) is 5.47. The Kier molecular flexibility index (Phi) is 3.44. The van der Waals surface area contributed by atoms with Gasteiger partial charge in [0.25, 0.3) is 0 Å². The fraction of sp³-hybridized carbons (Fsp3) is 0.533. The Hall–Kier alpha value is -1.35. The van der Waals surface area contributed by atoms with Crippen molar-refractivity contribution >= 4 is 11.0 Å². The molecule has 18 heavy (non-hydrogen) atoms. The van der Waals surface area contributed by atoms with Crippen LogP contribution in [-0.2, 0) is 13.0 Å².